The maximum atomic E-state index is 11.4. The number of aromatic amines is 1. The van der Waals surface area contributed by atoms with Crippen molar-refractivity contribution in [2.24, 2.45) is 11.8 Å². The van der Waals surface area contributed by atoms with E-state index in [1.54, 1.807) is 6.07 Å². The summed E-state index contributed by atoms with van der Waals surface area (Å²) in [6.07, 6.45) is 1.20. The van der Waals surface area contributed by atoms with Gasteiger partial charge in [-0.1, -0.05) is 13.8 Å². The van der Waals surface area contributed by atoms with Gasteiger partial charge in [-0.05, 0) is 25.2 Å². The van der Waals surface area contributed by atoms with Crippen LogP contribution in [0.15, 0.2) is 10.9 Å². The maximum Gasteiger partial charge on any atom is 0.252 e. The topological polar surface area (TPSA) is 49.0 Å². The molecule has 1 fully saturated rings. The van der Waals surface area contributed by atoms with Crippen LogP contribution in [0.1, 0.15) is 26.1 Å². The molecule has 0 aliphatic carbocycles. The van der Waals surface area contributed by atoms with Gasteiger partial charge in [-0.15, -0.1) is 0 Å². The van der Waals surface area contributed by atoms with Crippen molar-refractivity contribution in [2.75, 3.05) is 18.0 Å². The summed E-state index contributed by atoms with van der Waals surface area (Å²) in [6.45, 7) is 8.36. The molecule has 2 rings (SSSR count). The first-order chi connectivity index (χ1) is 7.56. The molecule has 88 valence electrons. The molecule has 0 radical (unpaired) electrons. The number of nitrogens with zero attached hydrogens (tertiary/aromatic N) is 2. The standard InChI is InChI=1S/C12H19N3O/c1-8(2)10-4-5-15(7-10)11-6-12(16)14-9(3)13-11/h6,8,10H,4-5,7H2,1-3H3,(H,13,14,16). The first-order valence-corrected chi connectivity index (χ1v) is 5.89. The molecule has 0 saturated carbocycles. The molecule has 1 aliphatic heterocycles. The highest BCUT2D eigenvalue weighted by atomic mass is 16.1. The van der Waals surface area contributed by atoms with Crippen LogP contribution >= 0.6 is 0 Å². The number of aryl methyl sites for hydroxylation is 1. The molecule has 2 heterocycles. The molecule has 0 amide bonds. The van der Waals surface area contributed by atoms with E-state index in [4.69, 9.17) is 0 Å². The number of H-pyrrole nitrogens is 1. The van der Waals surface area contributed by atoms with Crippen LogP contribution in [0.2, 0.25) is 0 Å². The Morgan fingerprint density at radius 2 is 2.31 bits per heavy atom. The van der Waals surface area contributed by atoms with E-state index >= 15 is 0 Å². The fraction of sp³-hybridized carbons (Fsp3) is 0.667. The summed E-state index contributed by atoms with van der Waals surface area (Å²) in [7, 11) is 0. The highest BCUT2D eigenvalue weighted by Gasteiger charge is 2.25. The van der Waals surface area contributed by atoms with Crippen molar-refractivity contribution in [1.29, 1.82) is 0 Å². The number of aromatic nitrogens is 2. The van der Waals surface area contributed by atoms with Crippen LogP contribution < -0.4 is 10.5 Å². The number of hydrogen-bond acceptors (Lipinski definition) is 3. The Kier molecular flexibility index (Phi) is 2.99. The molecule has 1 atom stereocenters. The third kappa shape index (κ3) is 2.26. The van der Waals surface area contributed by atoms with E-state index in [9.17, 15) is 4.79 Å². The fourth-order valence-electron chi connectivity index (χ4n) is 2.27. The minimum atomic E-state index is -0.0597. The van der Waals surface area contributed by atoms with Crippen LogP contribution in [0, 0.1) is 18.8 Å². The number of nitrogens with one attached hydrogen (secondary N) is 1. The molecule has 1 aromatic heterocycles. The Bertz CT molecular complexity index is 425. The Morgan fingerprint density at radius 3 is 2.88 bits per heavy atom. The van der Waals surface area contributed by atoms with Crippen molar-refractivity contribution in [3.05, 3.63) is 22.2 Å². The predicted molar refractivity (Wildman–Crippen MR) is 64.8 cm³/mol. The second-order valence-corrected chi connectivity index (χ2v) is 4.93. The summed E-state index contributed by atoms with van der Waals surface area (Å²) in [5.74, 6) is 2.94. The zero-order valence-electron chi connectivity index (χ0n) is 10.2. The van der Waals surface area contributed by atoms with Gasteiger partial charge < -0.3 is 9.88 Å². The third-order valence-corrected chi connectivity index (χ3v) is 3.34. The van der Waals surface area contributed by atoms with Gasteiger partial charge >= 0.3 is 0 Å². The molecular weight excluding hydrogens is 202 g/mol. The number of hydrogen-bond donors (Lipinski definition) is 1. The predicted octanol–water partition coefficient (Wildman–Crippen LogP) is 1.56. The monoisotopic (exact) mass is 221 g/mol. The lowest BCUT2D eigenvalue weighted by molar-refractivity contribution is 0.422. The molecule has 4 nitrogen and oxygen atoms in total. The van der Waals surface area contributed by atoms with Crippen LogP contribution in [0.25, 0.3) is 0 Å². The van der Waals surface area contributed by atoms with Gasteiger partial charge in [0.1, 0.15) is 11.6 Å². The summed E-state index contributed by atoms with van der Waals surface area (Å²) in [5.41, 5.74) is -0.0597. The van der Waals surface area contributed by atoms with Gasteiger partial charge in [0.05, 0.1) is 0 Å². The number of rotatable bonds is 2. The van der Waals surface area contributed by atoms with Gasteiger partial charge in [0, 0.05) is 19.2 Å². The molecular formula is C12H19N3O. The van der Waals surface area contributed by atoms with E-state index in [1.807, 2.05) is 6.92 Å². The zero-order chi connectivity index (χ0) is 11.7. The molecule has 4 heteroatoms. The lowest BCUT2D eigenvalue weighted by Gasteiger charge is -2.18. The first-order valence-electron chi connectivity index (χ1n) is 5.89. The van der Waals surface area contributed by atoms with Crippen LogP contribution in [0.5, 0.6) is 0 Å². The van der Waals surface area contributed by atoms with Crippen LogP contribution in [-0.2, 0) is 0 Å². The second-order valence-electron chi connectivity index (χ2n) is 4.93. The molecule has 0 spiro atoms. The summed E-state index contributed by atoms with van der Waals surface area (Å²) in [6, 6.07) is 1.59. The van der Waals surface area contributed by atoms with E-state index in [0.717, 1.165) is 24.8 Å². The first kappa shape index (κ1) is 11.2. The minimum Gasteiger partial charge on any atom is -0.356 e. The summed E-state index contributed by atoms with van der Waals surface area (Å²) in [5, 5.41) is 0. The van der Waals surface area contributed by atoms with Gasteiger partial charge in [0.15, 0.2) is 0 Å². The van der Waals surface area contributed by atoms with E-state index in [0.29, 0.717) is 11.7 Å². The van der Waals surface area contributed by atoms with Gasteiger partial charge in [-0.2, -0.15) is 0 Å². The Morgan fingerprint density at radius 1 is 1.56 bits per heavy atom. The Balaban J connectivity index is 2.17. The SMILES string of the molecule is Cc1nc(N2CCC(C(C)C)C2)cc(=O)[nH]1. The smallest absolute Gasteiger partial charge is 0.252 e. The molecule has 16 heavy (non-hydrogen) atoms. The van der Waals surface area contributed by atoms with E-state index < -0.39 is 0 Å². The van der Waals surface area contributed by atoms with Crippen molar-refractivity contribution in [2.45, 2.75) is 27.2 Å². The molecule has 1 unspecified atom stereocenters. The third-order valence-electron chi connectivity index (χ3n) is 3.34. The van der Waals surface area contributed by atoms with Crippen molar-refractivity contribution in [1.82, 2.24) is 9.97 Å². The van der Waals surface area contributed by atoms with E-state index in [2.05, 4.69) is 28.7 Å². The van der Waals surface area contributed by atoms with Gasteiger partial charge in [-0.3, -0.25) is 4.79 Å². The molecule has 1 saturated heterocycles. The zero-order valence-corrected chi connectivity index (χ0v) is 10.2. The second kappa shape index (κ2) is 4.28. The molecule has 1 aromatic rings. The van der Waals surface area contributed by atoms with Gasteiger partial charge in [-0.25, -0.2) is 4.98 Å². The van der Waals surface area contributed by atoms with Crippen LogP contribution in [0.3, 0.4) is 0 Å². The molecule has 1 N–H and O–H groups in total. The number of anilines is 1. The summed E-state index contributed by atoms with van der Waals surface area (Å²) in [4.78, 5) is 20.6. The van der Waals surface area contributed by atoms with Crippen LogP contribution in [0.4, 0.5) is 5.82 Å². The van der Waals surface area contributed by atoms with Crippen molar-refractivity contribution in [3.63, 3.8) is 0 Å². The Labute approximate surface area is 95.7 Å². The van der Waals surface area contributed by atoms with Gasteiger partial charge in [0.2, 0.25) is 0 Å². The lowest BCUT2D eigenvalue weighted by atomic mass is 9.95. The van der Waals surface area contributed by atoms with Crippen molar-refractivity contribution >= 4 is 5.82 Å². The highest BCUT2D eigenvalue weighted by molar-refractivity contribution is 5.38. The van der Waals surface area contributed by atoms with E-state index in [1.165, 1.54) is 6.42 Å². The molecule has 1 aliphatic rings. The maximum absolute atomic E-state index is 11.4. The quantitative estimate of drug-likeness (QED) is 0.824. The van der Waals surface area contributed by atoms with Crippen molar-refractivity contribution in [3.8, 4) is 0 Å². The van der Waals surface area contributed by atoms with Crippen LogP contribution in [-0.4, -0.2) is 23.1 Å². The highest BCUT2D eigenvalue weighted by Crippen LogP contribution is 2.26. The minimum absolute atomic E-state index is 0.0597. The normalized spacial score (nSPS) is 20.8. The summed E-state index contributed by atoms with van der Waals surface area (Å²) >= 11 is 0. The summed E-state index contributed by atoms with van der Waals surface area (Å²) < 4.78 is 0. The van der Waals surface area contributed by atoms with Gasteiger partial charge in [0.25, 0.3) is 5.56 Å². The Hall–Kier alpha value is -1.32. The average molecular weight is 221 g/mol. The van der Waals surface area contributed by atoms with E-state index in [-0.39, 0.29) is 5.56 Å². The molecule has 0 aromatic carbocycles. The fourth-order valence-corrected chi connectivity index (χ4v) is 2.27. The lowest BCUT2D eigenvalue weighted by Crippen LogP contribution is -2.24. The average Bonchev–Trinajstić information content (AvgIpc) is 2.64. The molecule has 0 bridgehead atoms. The largest absolute Gasteiger partial charge is 0.356 e. The van der Waals surface area contributed by atoms with Crippen molar-refractivity contribution < 1.29 is 0 Å².